The Kier molecular flexibility index (Phi) is 7.69. The van der Waals surface area contributed by atoms with E-state index in [0.717, 1.165) is 21.2 Å². The number of hydrogen-bond donors (Lipinski definition) is 2. The van der Waals surface area contributed by atoms with Gasteiger partial charge in [-0.25, -0.2) is 0 Å². The van der Waals surface area contributed by atoms with Crippen LogP contribution in [0.3, 0.4) is 0 Å². The number of nitrogens with one attached hydrogen (secondary N) is 1. The van der Waals surface area contributed by atoms with Crippen LogP contribution in [0.2, 0.25) is 0 Å². The van der Waals surface area contributed by atoms with Crippen LogP contribution in [0.4, 0.5) is 0 Å². The lowest BCUT2D eigenvalue weighted by Crippen LogP contribution is -2.21. The number of aryl methyl sites for hydroxylation is 1. The number of rotatable bonds is 9. The molecule has 0 aliphatic heterocycles. The average molecular weight is 456 g/mol. The summed E-state index contributed by atoms with van der Waals surface area (Å²) < 4.78 is 12.4. The van der Waals surface area contributed by atoms with Gasteiger partial charge < -0.3 is 19.9 Å². The molecule has 0 heterocycles. The highest BCUT2D eigenvalue weighted by Crippen LogP contribution is 2.34. The first kappa shape index (κ1) is 21.4. The van der Waals surface area contributed by atoms with Crippen molar-refractivity contribution in [2.45, 2.75) is 26.2 Å². The molecule has 0 aromatic heterocycles. The van der Waals surface area contributed by atoms with Crippen LogP contribution in [0.15, 0.2) is 71.2 Å². The fraction of sp³-hybridized carbons (Fsp3) is 0.250. The maximum atomic E-state index is 10.3. The fourth-order valence-corrected chi connectivity index (χ4v) is 3.43. The molecule has 0 saturated heterocycles. The second-order valence-electron chi connectivity index (χ2n) is 6.93. The number of halogens is 1. The highest BCUT2D eigenvalue weighted by molar-refractivity contribution is 9.10. The Hall–Kier alpha value is -2.34. The minimum Gasteiger partial charge on any atom is -0.493 e. The SMILES string of the molecule is COc1cc(CNCC(O)c2ccccc2)c(Br)cc1OCc1ccc(C)cc1. The largest absolute Gasteiger partial charge is 0.493 e. The van der Waals surface area contributed by atoms with Crippen molar-refractivity contribution in [3.63, 3.8) is 0 Å². The maximum absolute atomic E-state index is 10.3. The summed E-state index contributed by atoms with van der Waals surface area (Å²) in [5, 5.41) is 13.6. The molecule has 152 valence electrons. The molecule has 3 aromatic rings. The minimum atomic E-state index is -0.547. The van der Waals surface area contributed by atoms with Gasteiger partial charge in [0.2, 0.25) is 0 Å². The molecule has 0 fully saturated rings. The van der Waals surface area contributed by atoms with Crippen molar-refractivity contribution in [2.24, 2.45) is 0 Å². The van der Waals surface area contributed by atoms with E-state index in [-0.39, 0.29) is 0 Å². The van der Waals surface area contributed by atoms with Gasteiger partial charge in [0.05, 0.1) is 13.2 Å². The van der Waals surface area contributed by atoms with Crippen molar-refractivity contribution < 1.29 is 14.6 Å². The van der Waals surface area contributed by atoms with Gasteiger partial charge in [0.25, 0.3) is 0 Å². The highest BCUT2D eigenvalue weighted by atomic mass is 79.9. The third kappa shape index (κ3) is 6.07. The zero-order chi connectivity index (χ0) is 20.6. The first-order valence-corrected chi connectivity index (χ1v) is 10.3. The summed E-state index contributed by atoms with van der Waals surface area (Å²) >= 11 is 3.62. The molecule has 3 rings (SSSR count). The van der Waals surface area contributed by atoms with Gasteiger partial charge >= 0.3 is 0 Å². The topological polar surface area (TPSA) is 50.7 Å². The predicted octanol–water partition coefficient (Wildman–Crippen LogP) is 5.17. The third-order valence-corrected chi connectivity index (χ3v) is 5.42. The van der Waals surface area contributed by atoms with E-state index in [2.05, 4.69) is 52.4 Å². The number of aliphatic hydroxyl groups is 1. The van der Waals surface area contributed by atoms with Gasteiger partial charge in [0.15, 0.2) is 11.5 Å². The smallest absolute Gasteiger partial charge is 0.162 e. The van der Waals surface area contributed by atoms with Gasteiger partial charge in [-0.2, -0.15) is 0 Å². The van der Waals surface area contributed by atoms with Gasteiger partial charge in [-0.05, 0) is 35.7 Å². The first-order valence-electron chi connectivity index (χ1n) is 9.55. The lowest BCUT2D eigenvalue weighted by Gasteiger charge is -2.16. The van der Waals surface area contributed by atoms with Crippen LogP contribution in [0.5, 0.6) is 11.5 Å². The summed E-state index contributed by atoms with van der Waals surface area (Å²) in [4.78, 5) is 0. The number of benzene rings is 3. The normalized spacial score (nSPS) is 11.9. The summed E-state index contributed by atoms with van der Waals surface area (Å²) in [6.07, 6.45) is -0.547. The second-order valence-corrected chi connectivity index (χ2v) is 7.78. The molecule has 0 spiro atoms. The quantitative estimate of drug-likeness (QED) is 0.467. The average Bonchev–Trinajstić information content (AvgIpc) is 2.75. The molecule has 2 N–H and O–H groups in total. The maximum Gasteiger partial charge on any atom is 0.162 e. The van der Waals surface area contributed by atoms with Crippen molar-refractivity contribution in [1.29, 1.82) is 0 Å². The van der Waals surface area contributed by atoms with Crippen molar-refractivity contribution in [2.75, 3.05) is 13.7 Å². The molecule has 0 bridgehead atoms. The molecule has 0 amide bonds. The van der Waals surface area contributed by atoms with E-state index in [1.807, 2.05) is 42.5 Å². The van der Waals surface area contributed by atoms with E-state index in [1.54, 1.807) is 7.11 Å². The van der Waals surface area contributed by atoms with Gasteiger partial charge in [-0.3, -0.25) is 0 Å². The Morgan fingerprint density at radius 1 is 1.00 bits per heavy atom. The lowest BCUT2D eigenvalue weighted by molar-refractivity contribution is 0.174. The third-order valence-electron chi connectivity index (χ3n) is 4.69. The van der Waals surface area contributed by atoms with E-state index in [1.165, 1.54) is 5.56 Å². The molecule has 1 unspecified atom stereocenters. The summed E-state index contributed by atoms with van der Waals surface area (Å²) in [5.41, 5.74) is 4.26. The van der Waals surface area contributed by atoms with Gasteiger partial charge in [0.1, 0.15) is 6.61 Å². The zero-order valence-corrected chi connectivity index (χ0v) is 18.3. The number of hydrogen-bond acceptors (Lipinski definition) is 4. The summed E-state index contributed by atoms with van der Waals surface area (Å²) in [6.45, 7) is 3.60. The Morgan fingerprint density at radius 2 is 1.72 bits per heavy atom. The molecular weight excluding hydrogens is 430 g/mol. The van der Waals surface area contributed by atoms with Crippen molar-refractivity contribution in [3.05, 3.63) is 93.5 Å². The molecule has 0 radical (unpaired) electrons. The Labute approximate surface area is 180 Å². The van der Waals surface area contributed by atoms with Crippen molar-refractivity contribution >= 4 is 15.9 Å². The van der Waals surface area contributed by atoms with E-state index in [4.69, 9.17) is 9.47 Å². The molecule has 0 saturated carbocycles. The van der Waals surface area contributed by atoms with Gasteiger partial charge in [-0.1, -0.05) is 76.1 Å². The molecule has 0 aliphatic rings. The molecule has 29 heavy (non-hydrogen) atoms. The van der Waals surface area contributed by atoms with Crippen molar-refractivity contribution in [1.82, 2.24) is 5.32 Å². The Bertz CT molecular complexity index is 913. The molecule has 1 atom stereocenters. The number of methoxy groups -OCH3 is 1. The van der Waals surface area contributed by atoms with Gasteiger partial charge in [0, 0.05) is 17.6 Å². The van der Waals surface area contributed by atoms with E-state index < -0.39 is 6.10 Å². The zero-order valence-electron chi connectivity index (χ0n) is 16.7. The fourth-order valence-electron chi connectivity index (χ4n) is 2.97. The highest BCUT2D eigenvalue weighted by Gasteiger charge is 2.12. The van der Waals surface area contributed by atoms with Crippen LogP contribution in [0, 0.1) is 6.92 Å². The Morgan fingerprint density at radius 3 is 2.41 bits per heavy atom. The lowest BCUT2D eigenvalue weighted by atomic mass is 10.1. The standard InChI is InChI=1S/C24H26BrNO3/c1-17-8-10-18(11-9-17)16-29-24-13-21(25)20(12-23(24)28-2)14-26-15-22(27)19-6-4-3-5-7-19/h3-13,22,26-27H,14-16H2,1-2H3. The predicted molar refractivity (Wildman–Crippen MR) is 119 cm³/mol. The van der Waals surface area contributed by atoms with Crippen LogP contribution >= 0.6 is 15.9 Å². The van der Waals surface area contributed by atoms with Crippen LogP contribution in [0.1, 0.15) is 28.4 Å². The summed E-state index contributed by atoms with van der Waals surface area (Å²) in [5.74, 6) is 1.37. The number of ether oxygens (including phenoxy) is 2. The monoisotopic (exact) mass is 455 g/mol. The summed E-state index contributed by atoms with van der Waals surface area (Å²) in [6, 6.07) is 21.8. The molecule has 3 aromatic carbocycles. The van der Waals surface area contributed by atoms with Gasteiger partial charge in [-0.15, -0.1) is 0 Å². The van der Waals surface area contributed by atoms with E-state index >= 15 is 0 Å². The number of aliphatic hydroxyl groups excluding tert-OH is 1. The molecule has 5 heteroatoms. The van der Waals surface area contributed by atoms with Crippen LogP contribution in [-0.2, 0) is 13.2 Å². The molecule has 0 aliphatic carbocycles. The minimum absolute atomic E-state index is 0.463. The van der Waals surface area contributed by atoms with Crippen LogP contribution in [-0.4, -0.2) is 18.8 Å². The first-order chi connectivity index (χ1) is 14.1. The van der Waals surface area contributed by atoms with Crippen molar-refractivity contribution in [3.8, 4) is 11.5 Å². The molecule has 4 nitrogen and oxygen atoms in total. The Balaban J connectivity index is 1.60. The molecular formula is C24H26BrNO3. The summed E-state index contributed by atoms with van der Waals surface area (Å²) in [7, 11) is 1.64. The van der Waals surface area contributed by atoms with E-state index in [0.29, 0.717) is 31.2 Å². The van der Waals surface area contributed by atoms with E-state index in [9.17, 15) is 5.11 Å². The second kappa shape index (κ2) is 10.4. The van der Waals surface area contributed by atoms with Crippen LogP contribution < -0.4 is 14.8 Å². The van der Waals surface area contributed by atoms with Crippen LogP contribution in [0.25, 0.3) is 0 Å².